The molecule has 1 aromatic heterocycles. The average Bonchev–Trinajstić information content (AvgIpc) is 3.02. The van der Waals surface area contributed by atoms with Gasteiger partial charge in [-0.25, -0.2) is 4.98 Å². The average molecular weight is 369 g/mol. The number of hydrogen-bond acceptors (Lipinski definition) is 6. The highest BCUT2D eigenvalue weighted by atomic mass is 32.1. The summed E-state index contributed by atoms with van der Waals surface area (Å²) in [7, 11) is 0. The van der Waals surface area contributed by atoms with Gasteiger partial charge >= 0.3 is 0 Å². The molecule has 1 saturated carbocycles. The third kappa shape index (κ3) is 5.23. The van der Waals surface area contributed by atoms with E-state index in [1.807, 2.05) is 0 Å². The molecule has 0 unspecified atom stereocenters. The van der Waals surface area contributed by atoms with Crippen molar-refractivity contribution in [1.82, 2.24) is 15.2 Å². The Balaban J connectivity index is 0.000000701. The van der Waals surface area contributed by atoms with E-state index in [1.54, 1.807) is 11.3 Å². The number of aromatic nitrogens is 1. The maximum atomic E-state index is 11.3. The molecule has 140 valence electrons. The van der Waals surface area contributed by atoms with Crippen molar-refractivity contribution >= 4 is 23.7 Å². The molecule has 25 heavy (non-hydrogen) atoms. The molecule has 3 N–H and O–H groups in total. The number of aryl methyl sites for hydroxylation is 2. The maximum Gasteiger partial charge on any atom is 0.290 e. The molecule has 8 heteroatoms. The molecular weight excluding hydrogens is 342 g/mol. The number of aliphatic hydroxyl groups excluding tert-OH is 1. The summed E-state index contributed by atoms with van der Waals surface area (Å²) in [5.74, 6) is 1.08. The van der Waals surface area contributed by atoms with E-state index < -0.39 is 6.10 Å². The van der Waals surface area contributed by atoms with Gasteiger partial charge in [0, 0.05) is 31.4 Å². The van der Waals surface area contributed by atoms with Crippen molar-refractivity contribution in [2.24, 2.45) is 11.8 Å². The van der Waals surface area contributed by atoms with Crippen molar-refractivity contribution in [3.63, 3.8) is 0 Å². The second kappa shape index (κ2) is 8.73. The van der Waals surface area contributed by atoms with Gasteiger partial charge in [0.2, 0.25) is 5.91 Å². The number of carbonyl (C=O) groups excluding carboxylic acids is 1. The fourth-order valence-electron chi connectivity index (χ4n) is 4.00. The number of carbonyl (C=O) groups is 2. The number of carboxylic acid groups (broad SMARTS) is 1. The van der Waals surface area contributed by atoms with Gasteiger partial charge in [0.15, 0.2) is 0 Å². The number of nitrogens with one attached hydrogen (secondary N) is 1. The zero-order chi connectivity index (χ0) is 18.6. The molecule has 1 aliphatic heterocycles. The van der Waals surface area contributed by atoms with Crippen molar-refractivity contribution < 1.29 is 19.8 Å². The van der Waals surface area contributed by atoms with Gasteiger partial charge in [-0.15, -0.1) is 11.3 Å². The van der Waals surface area contributed by atoms with Crippen LogP contribution >= 0.6 is 11.3 Å². The lowest BCUT2D eigenvalue weighted by Crippen LogP contribution is -2.48. The van der Waals surface area contributed by atoms with Gasteiger partial charge in [-0.3, -0.25) is 14.5 Å². The lowest BCUT2D eigenvalue weighted by molar-refractivity contribution is -0.123. The van der Waals surface area contributed by atoms with Gasteiger partial charge in [-0.1, -0.05) is 0 Å². The second-order valence-electron chi connectivity index (χ2n) is 6.91. The third-order valence-corrected chi connectivity index (χ3v) is 6.03. The first-order valence-electron chi connectivity index (χ1n) is 8.52. The van der Waals surface area contributed by atoms with Gasteiger partial charge < -0.3 is 15.5 Å². The van der Waals surface area contributed by atoms with Crippen LogP contribution in [0.4, 0.5) is 0 Å². The Morgan fingerprint density at radius 2 is 1.96 bits per heavy atom. The molecule has 1 amide bonds. The molecular formula is C17H27N3O4S. The predicted molar refractivity (Wildman–Crippen MR) is 95.4 cm³/mol. The lowest BCUT2D eigenvalue weighted by Gasteiger charge is -2.35. The number of likely N-dealkylation sites (tertiary alicyclic amines) is 1. The normalized spacial score (nSPS) is 28.6. The van der Waals surface area contributed by atoms with Crippen LogP contribution in [0.5, 0.6) is 0 Å². The van der Waals surface area contributed by atoms with E-state index in [0.717, 1.165) is 43.2 Å². The highest BCUT2D eigenvalue weighted by molar-refractivity contribution is 7.11. The SMILES string of the molecule is CC(=O)N[C@@H]1C[C@@H]2CN(Cc3sc(C)nc3C)C[C@@H]2C[C@H]1O.O=CO. The zero-order valence-corrected chi connectivity index (χ0v) is 15.8. The Kier molecular flexibility index (Phi) is 6.92. The Morgan fingerprint density at radius 3 is 2.48 bits per heavy atom. The topological polar surface area (TPSA) is 103 Å². The molecule has 2 heterocycles. The summed E-state index contributed by atoms with van der Waals surface area (Å²) in [6, 6.07) is -0.0777. The third-order valence-electron chi connectivity index (χ3n) is 4.97. The molecule has 2 aliphatic rings. The minimum Gasteiger partial charge on any atom is -0.483 e. The molecule has 1 aliphatic carbocycles. The number of fused-ring (bicyclic) bond motifs is 1. The van der Waals surface area contributed by atoms with Crippen LogP contribution in [0.3, 0.4) is 0 Å². The standard InChI is InChI=1S/C16H25N3O2S.CH2O2/c1-9-16(22-11(3)17-9)8-19-6-12-4-14(18-10(2)20)15(21)5-13(12)7-19;2-1-3/h12-15,21H,4-8H2,1-3H3,(H,18,20);1H,(H,2,3)/t12-,13+,14-,15-;/m1./s1. The number of hydrogen-bond donors (Lipinski definition) is 3. The molecule has 0 radical (unpaired) electrons. The van der Waals surface area contributed by atoms with Crippen LogP contribution in [-0.2, 0) is 16.1 Å². The minimum absolute atomic E-state index is 0.0480. The van der Waals surface area contributed by atoms with Crippen molar-refractivity contribution in [3.8, 4) is 0 Å². The monoisotopic (exact) mass is 369 g/mol. The molecule has 0 aromatic carbocycles. The quantitative estimate of drug-likeness (QED) is 0.691. The molecule has 4 atom stereocenters. The van der Waals surface area contributed by atoms with Crippen molar-refractivity contribution in [3.05, 3.63) is 15.6 Å². The fourth-order valence-corrected chi connectivity index (χ4v) is 4.98. The summed E-state index contributed by atoms with van der Waals surface area (Å²) in [4.78, 5) is 28.0. The Labute approximate surface area is 152 Å². The number of amides is 1. The molecule has 3 rings (SSSR count). The van der Waals surface area contributed by atoms with Gasteiger partial charge in [-0.05, 0) is 38.5 Å². The predicted octanol–water partition coefficient (Wildman–Crippen LogP) is 1.17. The van der Waals surface area contributed by atoms with E-state index in [1.165, 1.54) is 11.8 Å². The van der Waals surface area contributed by atoms with Crippen LogP contribution in [-0.4, -0.2) is 57.7 Å². The summed E-state index contributed by atoms with van der Waals surface area (Å²) < 4.78 is 0. The van der Waals surface area contributed by atoms with Crippen LogP contribution in [0.2, 0.25) is 0 Å². The number of nitrogens with zero attached hydrogens (tertiary/aromatic N) is 2. The highest BCUT2D eigenvalue weighted by Crippen LogP contribution is 2.37. The smallest absolute Gasteiger partial charge is 0.290 e. The summed E-state index contributed by atoms with van der Waals surface area (Å²) >= 11 is 1.78. The second-order valence-corrected chi connectivity index (χ2v) is 8.19. The van der Waals surface area contributed by atoms with Crippen LogP contribution in [0.15, 0.2) is 0 Å². The van der Waals surface area contributed by atoms with Crippen LogP contribution < -0.4 is 5.32 Å². The van der Waals surface area contributed by atoms with Crippen molar-refractivity contribution in [1.29, 1.82) is 0 Å². The van der Waals surface area contributed by atoms with Crippen LogP contribution in [0, 0.1) is 25.7 Å². The first kappa shape index (κ1) is 19.8. The van der Waals surface area contributed by atoms with Gasteiger partial charge in [0.25, 0.3) is 6.47 Å². The first-order chi connectivity index (χ1) is 11.8. The molecule has 2 fully saturated rings. The molecule has 7 nitrogen and oxygen atoms in total. The van der Waals surface area contributed by atoms with Crippen molar-refractivity contribution in [2.45, 2.75) is 52.3 Å². The van der Waals surface area contributed by atoms with Crippen molar-refractivity contribution in [2.75, 3.05) is 13.1 Å². The van der Waals surface area contributed by atoms with Crippen LogP contribution in [0.1, 0.15) is 35.3 Å². The van der Waals surface area contributed by atoms with E-state index in [-0.39, 0.29) is 18.4 Å². The van der Waals surface area contributed by atoms with E-state index >= 15 is 0 Å². The summed E-state index contributed by atoms with van der Waals surface area (Å²) in [5, 5.41) is 21.2. The Morgan fingerprint density at radius 1 is 1.36 bits per heavy atom. The molecule has 0 spiro atoms. The number of thiazole rings is 1. The van der Waals surface area contributed by atoms with E-state index in [0.29, 0.717) is 11.8 Å². The minimum atomic E-state index is -0.405. The largest absolute Gasteiger partial charge is 0.483 e. The van der Waals surface area contributed by atoms with Gasteiger partial charge in [-0.2, -0.15) is 0 Å². The van der Waals surface area contributed by atoms with Gasteiger partial charge in [0.1, 0.15) is 0 Å². The van der Waals surface area contributed by atoms with E-state index in [4.69, 9.17) is 9.90 Å². The highest BCUT2D eigenvalue weighted by Gasteiger charge is 2.41. The Bertz CT molecular complexity index is 607. The van der Waals surface area contributed by atoms with Gasteiger partial charge in [0.05, 0.1) is 22.8 Å². The molecule has 0 bridgehead atoms. The zero-order valence-electron chi connectivity index (χ0n) is 14.9. The van der Waals surface area contributed by atoms with E-state index in [9.17, 15) is 9.90 Å². The summed E-state index contributed by atoms with van der Waals surface area (Å²) in [6.07, 6.45) is 1.28. The summed E-state index contributed by atoms with van der Waals surface area (Å²) in [5.41, 5.74) is 1.15. The maximum absolute atomic E-state index is 11.3. The number of aliphatic hydroxyl groups is 1. The van der Waals surface area contributed by atoms with E-state index in [2.05, 4.69) is 29.0 Å². The molecule has 1 aromatic rings. The van der Waals surface area contributed by atoms with Crippen LogP contribution in [0.25, 0.3) is 0 Å². The Hall–Kier alpha value is -1.51. The summed E-state index contributed by atoms with van der Waals surface area (Å²) in [6.45, 7) is 8.48. The lowest BCUT2D eigenvalue weighted by atomic mass is 9.77. The fraction of sp³-hybridized carbons (Fsp3) is 0.706. The first-order valence-corrected chi connectivity index (χ1v) is 9.34. The number of rotatable bonds is 3. The molecule has 1 saturated heterocycles.